The summed E-state index contributed by atoms with van der Waals surface area (Å²) in [5.74, 6) is 1.30. The Labute approximate surface area is 166 Å². The molecular weight excluding hydrogens is 378 g/mol. The molecule has 0 radical (unpaired) electrons. The highest BCUT2D eigenvalue weighted by Crippen LogP contribution is 2.36. The zero-order valence-corrected chi connectivity index (χ0v) is 15.8. The van der Waals surface area contributed by atoms with Gasteiger partial charge in [0.2, 0.25) is 0 Å². The molecule has 1 atom stereocenters. The zero-order valence-electron chi connectivity index (χ0n) is 15.8. The number of carbonyl (C=O) groups is 3. The number of hydrogen-bond acceptors (Lipinski definition) is 6. The molecule has 0 saturated carbocycles. The number of carbonyl (C=O) groups excluding carboxylic acids is 3. The predicted octanol–water partition coefficient (Wildman–Crippen LogP) is 0.378. The van der Waals surface area contributed by atoms with E-state index in [2.05, 4.69) is 15.7 Å². The maximum atomic E-state index is 12.5. The van der Waals surface area contributed by atoms with Crippen molar-refractivity contribution in [1.82, 2.24) is 30.5 Å². The van der Waals surface area contributed by atoms with Crippen molar-refractivity contribution < 1.29 is 19.1 Å². The Bertz CT molecular complexity index is 948. The summed E-state index contributed by atoms with van der Waals surface area (Å²) in [5.41, 5.74) is 4.22. The molecule has 2 fully saturated rings. The molecule has 11 nitrogen and oxygen atoms in total. The number of anilines is 1. The molecule has 5 heterocycles. The van der Waals surface area contributed by atoms with Gasteiger partial charge in [0.25, 0.3) is 5.91 Å². The van der Waals surface area contributed by atoms with Gasteiger partial charge in [0.1, 0.15) is 18.5 Å². The van der Waals surface area contributed by atoms with E-state index in [0.29, 0.717) is 30.4 Å². The lowest BCUT2D eigenvalue weighted by Crippen LogP contribution is -2.46. The number of hydrogen-bond donors (Lipinski definition) is 3. The van der Waals surface area contributed by atoms with Gasteiger partial charge in [-0.3, -0.25) is 9.69 Å². The Balaban J connectivity index is 1.40. The number of amides is 5. The molecule has 152 valence electrons. The molecule has 4 aliphatic heterocycles. The van der Waals surface area contributed by atoms with E-state index in [-0.39, 0.29) is 5.91 Å². The molecule has 1 unspecified atom stereocenters. The second-order valence-corrected chi connectivity index (χ2v) is 7.10. The number of urea groups is 2. The molecule has 0 spiro atoms. The van der Waals surface area contributed by atoms with Crippen molar-refractivity contribution in [1.29, 1.82) is 0 Å². The van der Waals surface area contributed by atoms with Crippen LogP contribution >= 0.6 is 0 Å². The fraction of sp³-hybridized carbons (Fsp3) is 0.389. The Kier molecular flexibility index (Phi) is 3.98. The highest BCUT2D eigenvalue weighted by molar-refractivity contribution is 5.96. The summed E-state index contributed by atoms with van der Waals surface area (Å²) in [5, 5.41) is 3.37. The number of aromatic nitrogens is 1. The van der Waals surface area contributed by atoms with Crippen LogP contribution < -0.4 is 20.4 Å². The van der Waals surface area contributed by atoms with E-state index >= 15 is 0 Å². The fourth-order valence-corrected chi connectivity index (χ4v) is 3.73. The van der Waals surface area contributed by atoms with E-state index in [4.69, 9.17) is 4.74 Å². The maximum absolute atomic E-state index is 12.5. The summed E-state index contributed by atoms with van der Waals surface area (Å²) >= 11 is 0. The number of imide groups is 1. The summed E-state index contributed by atoms with van der Waals surface area (Å²) in [7, 11) is 1.46. The van der Waals surface area contributed by atoms with Crippen molar-refractivity contribution >= 4 is 23.8 Å². The van der Waals surface area contributed by atoms with Gasteiger partial charge < -0.3 is 24.8 Å². The number of nitrogens with one attached hydrogen (secondary N) is 3. The number of likely N-dealkylation sites (tertiary alicyclic amines) is 1. The van der Waals surface area contributed by atoms with Crippen molar-refractivity contribution in [2.24, 2.45) is 0 Å². The molecule has 0 aromatic carbocycles. The van der Waals surface area contributed by atoms with Gasteiger partial charge in [-0.1, -0.05) is 0 Å². The topological polar surface area (TPSA) is 113 Å². The van der Waals surface area contributed by atoms with Crippen LogP contribution in [0.3, 0.4) is 0 Å². The van der Waals surface area contributed by atoms with Gasteiger partial charge in [0, 0.05) is 38.1 Å². The first-order chi connectivity index (χ1) is 14.1. The van der Waals surface area contributed by atoms with Crippen LogP contribution in [0.4, 0.5) is 15.4 Å². The predicted molar refractivity (Wildman–Crippen MR) is 102 cm³/mol. The minimum Gasteiger partial charge on any atom is -0.488 e. The van der Waals surface area contributed by atoms with Gasteiger partial charge in [-0.2, -0.15) is 10.4 Å². The van der Waals surface area contributed by atoms with E-state index in [1.54, 1.807) is 23.2 Å². The van der Waals surface area contributed by atoms with Crippen molar-refractivity contribution in [2.75, 3.05) is 38.2 Å². The van der Waals surface area contributed by atoms with Crippen molar-refractivity contribution in [3.8, 4) is 5.75 Å². The molecule has 5 amide bonds. The Morgan fingerprint density at radius 2 is 2.10 bits per heavy atom. The minimum atomic E-state index is -0.528. The molecule has 11 heteroatoms. The van der Waals surface area contributed by atoms with Crippen molar-refractivity contribution in [3.63, 3.8) is 0 Å². The van der Waals surface area contributed by atoms with Gasteiger partial charge in [0.05, 0.1) is 6.54 Å². The molecule has 4 aliphatic rings. The van der Waals surface area contributed by atoms with Crippen LogP contribution in [0.2, 0.25) is 0 Å². The van der Waals surface area contributed by atoms with Crippen LogP contribution in [0.1, 0.15) is 16.9 Å². The summed E-state index contributed by atoms with van der Waals surface area (Å²) in [6, 6.07) is 0.762. The normalized spacial score (nSPS) is 22.6. The first-order valence-corrected chi connectivity index (χ1v) is 9.50. The summed E-state index contributed by atoms with van der Waals surface area (Å²) in [6.45, 7) is 2.61. The van der Waals surface area contributed by atoms with Crippen LogP contribution in [0, 0.1) is 0 Å². The number of H-pyrrole nitrogens is 1. The van der Waals surface area contributed by atoms with E-state index < -0.39 is 18.2 Å². The molecule has 1 aromatic heterocycles. The molecule has 5 rings (SSSR count). The molecule has 0 bridgehead atoms. The Morgan fingerprint density at radius 3 is 2.83 bits per heavy atom. The molecule has 1 aromatic rings. The molecule has 2 saturated heterocycles. The van der Waals surface area contributed by atoms with Gasteiger partial charge in [0.15, 0.2) is 11.6 Å². The van der Waals surface area contributed by atoms with E-state index in [0.717, 1.165) is 30.2 Å². The average molecular weight is 399 g/mol. The maximum Gasteiger partial charge on any atom is 0.348 e. The SMILES string of the molecule is CNC(=O)N1NC2C=C(N3CCOc4cc(C(=O)N5CCC5)[nH]c43)C=CN2C1=O. The van der Waals surface area contributed by atoms with Crippen molar-refractivity contribution in [2.45, 2.75) is 12.6 Å². The first-order valence-electron chi connectivity index (χ1n) is 9.50. The fourth-order valence-electron chi connectivity index (χ4n) is 3.73. The number of ether oxygens (including phenoxy) is 1. The largest absolute Gasteiger partial charge is 0.488 e. The van der Waals surface area contributed by atoms with E-state index in [9.17, 15) is 14.4 Å². The quantitative estimate of drug-likeness (QED) is 0.663. The standard InChI is InChI=1S/C18H21N7O4/c1-19-17(27)25-18(28)24-6-3-11(9-14(24)21-25)23-7-8-29-13-10-12(20-15(13)23)16(26)22-4-2-5-22/h3,6,9-10,14,20-21H,2,4-5,7-8H2,1H3,(H,19,27). The van der Waals surface area contributed by atoms with E-state index in [1.807, 2.05) is 11.0 Å². The second-order valence-electron chi connectivity index (χ2n) is 7.10. The van der Waals surface area contributed by atoms with Gasteiger partial charge in [-0.15, -0.1) is 0 Å². The summed E-state index contributed by atoms with van der Waals surface area (Å²) in [6.07, 6.45) is 5.85. The minimum absolute atomic E-state index is 0.0298. The molecule has 0 aliphatic carbocycles. The van der Waals surface area contributed by atoms with Gasteiger partial charge in [-0.25, -0.2) is 9.59 Å². The third-order valence-corrected chi connectivity index (χ3v) is 5.41. The lowest BCUT2D eigenvalue weighted by Gasteiger charge is -2.32. The smallest absolute Gasteiger partial charge is 0.348 e. The Morgan fingerprint density at radius 1 is 1.28 bits per heavy atom. The van der Waals surface area contributed by atoms with Gasteiger partial charge in [-0.05, 0) is 18.6 Å². The highest BCUT2D eigenvalue weighted by atomic mass is 16.5. The third kappa shape index (κ3) is 2.73. The zero-order chi connectivity index (χ0) is 20.1. The number of rotatable bonds is 2. The second kappa shape index (κ2) is 6.55. The molecule has 3 N–H and O–H groups in total. The number of allylic oxidation sites excluding steroid dienone is 1. The van der Waals surface area contributed by atoms with Crippen LogP contribution in [0.5, 0.6) is 5.75 Å². The van der Waals surface area contributed by atoms with Crippen LogP contribution in [-0.2, 0) is 0 Å². The molecule has 29 heavy (non-hydrogen) atoms. The summed E-state index contributed by atoms with van der Waals surface area (Å²) < 4.78 is 5.74. The van der Waals surface area contributed by atoms with Gasteiger partial charge >= 0.3 is 12.1 Å². The lowest BCUT2D eigenvalue weighted by atomic mass is 10.2. The lowest BCUT2D eigenvalue weighted by molar-refractivity contribution is 0.0646. The molecular formula is C18H21N7O4. The van der Waals surface area contributed by atoms with Crippen LogP contribution in [-0.4, -0.2) is 77.2 Å². The van der Waals surface area contributed by atoms with Crippen LogP contribution in [0.15, 0.2) is 30.1 Å². The third-order valence-electron chi connectivity index (χ3n) is 5.41. The first kappa shape index (κ1) is 17.6. The summed E-state index contributed by atoms with van der Waals surface area (Å²) in [4.78, 5) is 45.2. The highest BCUT2D eigenvalue weighted by Gasteiger charge is 2.40. The number of fused-ring (bicyclic) bond motifs is 2. The number of nitrogens with zero attached hydrogens (tertiary/aromatic N) is 4. The van der Waals surface area contributed by atoms with Crippen LogP contribution in [0.25, 0.3) is 0 Å². The average Bonchev–Trinajstić information content (AvgIpc) is 3.27. The monoisotopic (exact) mass is 399 g/mol. The number of hydrazine groups is 1. The van der Waals surface area contributed by atoms with Crippen molar-refractivity contribution in [3.05, 3.63) is 35.8 Å². The Hall–Kier alpha value is -3.47. The number of aromatic amines is 1. The van der Waals surface area contributed by atoms with E-state index in [1.165, 1.54) is 11.9 Å².